The van der Waals surface area contributed by atoms with Gasteiger partial charge in [-0.25, -0.2) is 0 Å². The first-order valence-corrected chi connectivity index (χ1v) is 13.2. The highest BCUT2D eigenvalue weighted by molar-refractivity contribution is 6.06. The first kappa shape index (κ1) is 25.4. The molecule has 1 amide bonds. The number of benzene rings is 3. The average molecular weight is 510 g/mol. The molecule has 1 aliphatic heterocycles. The van der Waals surface area contributed by atoms with Crippen LogP contribution in [0.4, 0.5) is 17.1 Å². The van der Waals surface area contributed by atoms with Gasteiger partial charge < -0.3 is 5.32 Å². The van der Waals surface area contributed by atoms with E-state index >= 15 is 0 Å². The standard InChI is InChI=1S/C31H31N3O4/c1-2-3-5-17-29(36)33-27-16-9-8-15-25(27)32-26-19-23(21-11-6-4-7-12-21)20-28(35)30(26)31(33)22-13-10-14-24(18-22)34(37)38/h4,6-16,18,23,31-32H,2-3,5,17,19-20H2,1H3/t23-,31+/m0/s1. The second kappa shape index (κ2) is 11.0. The van der Waals surface area contributed by atoms with Crippen molar-refractivity contribution in [3.8, 4) is 0 Å². The van der Waals surface area contributed by atoms with E-state index < -0.39 is 11.0 Å². The number of nitro benzene ring substituents is 1. The van der Waals surface area contributed by atoms with Crippen molar-refractivity contribution in [2.24, 2.45) is 0 Å². The van der Waals surface area contributed by atoms with Gasteiger partial charge in [0.25, 0.3) is 5.69 Å². The minimum Gasteiger partial charge on any atom is -0.357 e. The summed E-state index contributed by atoms with van der Waals surface area (Å²) in [5.74, 6) is -0.154. The van der Waals surface area contributed by atoms with E-state index in [0.717, 1.165) is 36.2 Å². The van der Waals surface area contributed by atoms with Crippen LogP contribution in [0.25, 0.3) is 0 Å². The monoisotopic (exact) mass is 509 g/mol. The number of hydrogen-bond donors (Lipinski definition) is 1. The number of allylic oxidation sites excluding steroid dienone is 1. The molecular weight excluding hydrogens is 478 g/mol. The van der Waals surface area contributed by atoms with E-state index in [9.17, 15) is 19.7 Å². The van der Waals surface area contributed by atoms with Gasteiger partial charge in [-0.1, -0.05) is 74.4 Å². The number of ketones is 1. The van der Waals surface area contributed by atoms with Gasteiger partial charge in [0.05, 0.1) is 22.3 Å². The number of nitro groups is 1. The lowest BCUT2D eigenvalue weighted by Crippen LogP contribution is -2.38. The zero-order valence-corrected chi connectivity index (χ0v) is 21.4. The summed E-state index contributed by atoms with van der Waals surface area (Å²) in [4.78, 5) is 40.8. The van der Waals surface area contributed by atoms with Crippen molar-refractivity contribution in [2.45, 2.75) is 57.4 Å². The van der Waals surface area contributed by atoms with E-state index in [1.807, 2.05) is 54.6 Å². The van der Waals surface area contributed by atoms with Gasteiger partial charge in [0, 0.05) is 36.2 Å². The largest absolute Gasteiger partial charge is 0.357 e. The fourth-order valence-electron chi connectivity index (χ4n) is 5.60. The van der Waals surface area contributed by atoms with Gasteiger partial charge in [-0.2, -0.15) is 0 Å². The van der Waals surface area contributed by atoms with Crippen LogP contribution in [0.5, 0.6) is 0 Å². The predicted molar refractivity (Wildman–Crippen MR) is 148 cm³/mol. The summed E-state index contributed by atoms with van der Waals surface area (Å²) in [6, 6.07) is 23.1. The lowest BCUT2D eigenvalue weighted by molar-refractivity contribution is -0.384. The molecule has 1 aliphatic carbocycles. The molecule has 1 heterocycles. The third-order valence-corrected chi connectivity index (χ3v) is 7.42. The first-order valence-electron chi connectivity index (χ1n) is 13.2. The Balaban J connectivity index is 1.69. The minimum absolute atomic E-state index is 0.000299. The Bertz CT molecular complexity index is 1400. The zero-order chi connectivity index (χ0) is 26.6. The summed E-state index contributed by atoms with van der Waals surface area (Å²) < 4.78 is 0. The van der Waals surface area contributed by atoms with Crippen LogP contribution in [0.1, 0.15) is 68.5 Å². The number of para-hydroxylation sites is 2. The maximum absolute atomic E-state index is 14.0. The number of non-ortho nitro benzene ring substituents is 1. The Morgan fingerprint density at radius 3 is 2.47 bits per heavy atom. The number of nitrogens with one attached hydrogen (secondary N) is 1. The maximum atomic E-state index is 14.0. The highest BCUT2D eigenvalue weighted by atomic mass is 16.6. The van der Waals surface area contributed by atoms with E-state index in [1.54, 1.807) is 17.0 Å². The van der Waals surface area contributed by atoms with Crippen LogP contribution in [0, 0.1) is 10.1 Å². The summed E-state index contributed by atoms with van der Waals surface area (Å²) in [7, 11) is 0. The molecule has 7 nitrogen and oxygen atoms in total. The minimum atomic E-state index is -0.764. The van der Waals surface area contributed by atoms with Gasteiger partial charge in [-0.3, -0.25) is 24.6 Å². The molecule has 0 fully saturated rings. The third kappa shape index (κ3) is 4.96. The molecule has 0 radical (unpaired) electrons. The van der Waals surface area contributed by atoms with Crippen molar-refractivity contribution in [3.63, 3.8) is 0 Å². The molecule has 194 valence electrons. The van der Waals surface area contributed by atoms with Gasteiger partial charge >= 0.3 is 0 Å². The number of fused-ring (bicyclic) bond motifs is 1. The third-order valence-electron chi connectivity index (χ3n) is 7.42. The van der Waals surface area contributed by atoms with Crippen molar-refractivity contribution < 1.29 is 14.5 Å². The molecule has 0 saturated heterocycles. The molecule has 0 unspecified atom stereocenters. The van der Waals surface area contributed by atoms with Crippen LogP contribution in [0.3, 0.4) is 0 Å². The lowest BCUT2D eigenvalue weighted by atomic mass is 9.78. The number of carbonyl (C=O) groups is 2. The van der Waals surface area contributed by atoms with Crippen LogP contribution < -0.4 is 10.2 Å². The summed E-state index contributed by atoms with van der Waals surface area (Å²) >= 11 is 0. The van der Waals surface area contributed by atoms with Crippen LogP contribution in [0.2, 0.25) is 0 Å². The highest BCUT2D eigenvalue weighted by Gasteiger charge is 2.41. The molecular formula is C31H31N3O4. The Kier molecular flexibility index (Phi) is 7.36. The normalized spacial score (nSPS) is 18.8. The number of carbonyl (C=O) groups excluding carboxylic acids is 2. The number of unbranched alkanes of at least 4 members (excludes halogenated alkanes) is 2. The zero-order valence-electron chi connectivity index (χ0n) is 21.4. The van der Waals surface area contributed by atoms with E-state index in [0.29, 0.717) is 36.1 Å². The molecule has 5 rings (SSSR count). The molecule has 2 atom stereocenters. The molecule has 2 aliphatic rings. The Morgan fingerprint density at radius 2 is 1.71 bits per heavy atom. The SMILES string of the molecule is CCCCCC(=O)N1c2ccccc2NC2=C(C(=O)C[C@@H](c3ccccc3)C2)[C@H]1c1cccc([N+](=O)[O-])c1. The summed E-state index contributed by atoms with van der Waals surface area (Å²) in [6.07, 6.45) is 3.88. The Labute approximate surface area is 222 Å². The van der Waals surface area contributed by atoms with Crippen molar-refractivity contribution in [1.82, 2.24) is 0 Å². The van der Waals surface area contributed by atoms with Crippen LogP contribution in [-0.4, -0.2) is 16.6 Å². The molecule has 3 aromatic carbocycles. The molecule has 0 spiro atoms. The highest BCUT2D eigenvalue weighted by Crippen LogP contribution is 2.48. The van der Waals surface area contributed by atoms with Gasteiger partial charge in [0.2, 0.25) is 5.91 Å². The van der Waals surface area contributed by atoms with Gasteiger partial charge in [-0.05, 0) is 42.0 Å². The molecule has 0 aromatic heterocycles. The molecule has 1 N–H and O–H groups in total. The quantitative estimate of drug-likeness (QED) is 0.209. The second-order valence-corrected chi connectivity index (χ2v) is 9.95. The molecule has 0 saturated carbocycles. The van der Waals surface area contributed by atoms with E-state index in [-0.39, 0.29) is 23.3 Å². The van der Waals surface area contributed by atoms with Crippen molar-refractivity contribution in [1.29, 1.82) is 0 Å². The predicted octanol–water partition coefficient (Wildman–Crippen LogP) is 7.08. The topological polar surface area (TPSA) is 92.6 Å². The molecule has 38 heavy (non-hydrogen) atoms. The number of Topliss-reactive ketones (excluding diaryl/α,β-unsaturated/α-hetero) is 1. The van der Waals surface area contributed by atoms with Crippen molar-refractivity contribution >= 4 is 28.8 Å². The van der Waals surface area contributed by atoms with Crippen LogP contribution >= 0.6 is 0 Å². The van der Waals surface area contributed by atoms with E-state index in [4.69, 9.17) is 0 Å². The fourth-order valence-corrected chi connectivity index (χ4v) is 5.60. The maximum Gasteiger partial charge on any atom is 0.269 e. The van der Waals surface area contributed by atoms with Crippen LogP contribution in [0.15, 0.2) is 90.1 Å². The average Bonchev–Trinajstić information content (AvgIpc) is 3.08. The van der Waals surface area contributed by atoms with Gasteiger partial charge in [-0.15, -0.1) is 0 Å². The Morgan fingerprint density at radius 1 is 0.974 bits per heavy atom. The summed E-state index contributed by atoms with van der Waals surface area (Å²) in [5, 5.41) is 15.2. The molecule has 7 heteroatoms. The smallest absolute Gasteiger partial charge is 0.269 e. The number of rotatable bonds is 7. The van der Waals surface area contributed by atoms with Crippen molar-refractivity contribution in [2.75, 3.05) is 10.2 Å². The van der Waals surface area contributed by atoms with Gasteiger partial charge in [0.1, 0.15) is 0 Å². The summed E-state index contributed by atoms with van der Waals surface area (Å²) in [6.45, 7) is 2.09. The van der Waals surface area contributed by atoms with Gasteiger partial charge in [0.15, 0.2) is 5.78 Å². The van der Waals surface area contributed by atoms with E-state index in [1.165, 1.54) is 12.1 Å². The number of nitrogens with zero attached hydrogens (tertiary/aromatic N) is 2. The van der Waals surface area contributed by atoms with E-state index in [2.05, 4.69) is 12.2 Å². The molecule has 0 bridgehead atoms. The second-order valence-electron chi connectivity index (χ2n) is 9.95. The fraction of sp³-hybridized carbons (Fsp3) is 0.290. The lowest BCUT2D eigenvalue weighted by Gasteiger charge is -2.35. The first-order chi connectivity index (χ1) is 18.5. The molecule has 3 aromatic rings. The number of amides is 1. The number of anilines is 2. The van der Waals surface area contributed by atoms with Crippen molar-refractivity contribution in [3.05, 3.63) is 111 Å². The number of hydrogen-bond acceptors (Lipinski definition) is 5. The summed E-state index contributed by atoms with van der Waals surface area (Å²) in [5.41, 5.74) is 4.27. The van der Waals surface area contributed by atoms with Crippen LogP contribution in [-0.2, 0) is 9.59 Å². The Hall–Kier alpha value is -4.26.